The van der Waals surface area contributed by atoms with Crippen molar-refractivity contribution in [2.24, 2.45) is 0 Å². The first kappa shape index (κ1) is 14.6. The van der Waals surface area contributed by atoms with Crippen LogP contribution in [0.1, 0.15) is 0 Å². The van der Waals surface area contributed by atoms with E-state index in [-0.39, 0.29) is 10.6 Å². The number of hydrogen-bond donors (Lipinski definition) is 1. The van der Waals surface area contributed by atoms with Gasteiger partial charge in [-0.15, -0.1) is 0 Å². The fourth-order valence-electron chi connectivity index (χ4n) is 1.26. The van der Waals surface area contributed by atoms with Gasteiger partial charge in [0.2, 0.25) is 10.0 Å². The zero-order valence-corrected chi connectivity index (χ0v) is 12.1. The molecule has 7 heteroatoms. The van der Waals surface area contributed by atoms with Crippen LogP contribution >= 0.6 is 23.4 Å². The maximum atomic E-state index is 12.2. The van der Waals surface area contributed by atoms with Crippen molar-refractivity contribution < 1.29 is 8.42 Å². The summed E-state index contributed by atoms with van der Waals surface area (Å²) in [5, 5.41) is 0.424. The molecule has 4 nitrogen and oxygen atoms in total. The van der Waals surface area contributed by atoms with E-state index in [1.54, 1.807) is 18.8 Å². The Labute approximate surface area is 111 Å². The second-order valence-electron chi connectivity index (χ2n) is 3.50. The monoisotopic (exact) mass is 294 g/mol. The summed E-state index contributed by atoms with van der Waals surface area (Å²) >= 11 is 7.33. The average molecular weight is 295 g/mol. The SMILES string of the molecule is CSCCN(C)S(=O)(=O)c1ccc(Cl)cc1N. The third kappa shape index (κ3) is 3.51. The van der Waals surface area contributed by atoms with Crippen molar-refractivity contribution in [3.63, 3.8) is 0 Å². The van der Waals surface area contributed by atoms with E-state index in [0.717, 1.165) is 5.75 Å². The van der Waals surface area contributed by atoms with Crippen molar-refractivity contribution in [1.82, 2.24) is 4.31 Å². The van der Waals surface area contributed by atoms with Crippen LogP contribution in [0, 0.1) is 0 Å². The number of nitrogens with zero attached hydrogens (tertiary/aromatic N) is 1. The van der Waals surface area contributed by atoms with E-state index in [9.17, 15) is 8.42 Å². The number of nitrogen functional groups attached to an aromatic ring is 1. The van der Waals surface area contributed by atoms with Crippen molar-refractivity contribution in [2.45, 2.75) is 4.90 Å². The quantitative estimate of drug-likeness (QED) is 0.843. The average Bonchev–Trinajstić information content (AvgIpc) is 2.25. The lowest BCUT2D eigenvalue weighted by Gasteiger charge is -2.17. The van der Waals surface area contributed by atoms with E-state index in [1.807, 2.05) is 6.26 Å². The van der Waals surface area contributed by atoms with Crippen molar-refractivity contribution >= 4 is 39.1 Å². The Bertz CT molecular complexity index is 491. The number of sulfonamides is 1. The summed E-state index contributed by atoms with van der Waals surface area (Å²) in [4.78, 5) is 0.102. The van der Waals surface area contributed by atoms with E-state index >= 15 is 0 Å². The fourth-order valence-corrected chi connectivity index (χ4v) is 3.28. The number of benzene rings is 1. The van der Waals surface area contributed by atoms with Gasteiger partial charge in [-0.1, -0.05) is 11.6 Å². The van der Waals surface area contributed by atoms with Crippen molar-refractivity contribution in [3.05, 3.63) is 23.2 Å². The summed E-state index contributed by atoms with van der Waals surface area (Å²) in [6.07, 6.45) is 1.93. The predicted octanol–water partition coefficient (Wildman–Crippen LogP) is 1.91. The highest BCUT2D eigenvalue weighted by molar-refractivity contribution is 7.98. The Morgan fingerprint density at radius 1 is 1.47 bits per heavy atom. The Kier molecular flexibility index (Phi) is 5.12. The van der Waals surface area contributed by atoms with Crippen LogP contribution < -0.4 is 5.73 Å². The molecule has 1 aromatic carbocycles. The summed E-state index contributed by atoms with van der Waals surface area (Å²) < 4.78 is 25.6. The fraction of sp³-hybridized carbons (Fsp3) is 0.400. The summed E-state index contributed by atoms with van der Waals surface area (Å²) in [7, 11) is -1.98. The Balaban J connectivity index is 3.04. The highest BCUT2D eigenvalue weighted by Crippen LogP contribution is 2.24. The Hall–Kier alpha value is -0.430. The molecule has 0 bridgehead atoms. The molecule has 0 radical (unpaired) electrons. The molecule has 0 saturated heterocycles. The lowest BCUT2D eigenvalue weighted by molar-refractivity contribution is 0.489. The molecule has 0 heterocycles. The van der Waals surface area contributed by atoms with Crippen molar-refractivity contribution in [2.75, 3.05) is 31.3 Å². The van der Waals surface area contributed by atoms with Crippen LogP contribution in [0.25, 0.3) is 0 Å². The van der Waals surface area contributed by atoms with Gasteiger partial charge in [-0.05, 0) is 24.5 Å². The molecular formula is C10H15ClN2O2S2. The zero-order chi connectivity index (χ0) is 13.1. The van der Waals surface area contributed by atoms with Gasteiger partial charge in [0.25, 0.3) is 0 Å². The van der Waals surface area contributed by atoms with Crippen molar-refractivity contribution in [3.8, 4) is 0 Å². The number of rotatable bonds is 5. The molecule has 1 rings (SSSR count). The van der Waals surface area contributed by atoms with Gasteiger partial charge in [0.1, 0.15) is 4.90 Å². The maximum Gasteiger partial charge on any atom is 0.244 e. The van der Waals surface area contributed by atoms with E-state index in [4.69, 9.17) is 17.3 Å². The number of hydrogen-bond acceptors (Lipinski definition) is 4. The minimum atomic E-state index is -3.52. The third-order valence-electron chi connectivity index (χ3n) is 2.27. The first-order valence-electron chi connectivity index (χ1n) is 4.90. The number of anilines is 1. The summed E-state index contributed by atoms with van der Waals surface area (Å²) in [6, 6.07) is 4.40. The first-order chi connectivity index (χ1) is 7.89. The topological polar surface area (TPSA) is 63.4 Å². The number of thioether (sulfide) groups is 1. The molecule has 0 aliphatic carbocycles. The first-order valence-corrected chi connectivity index (χ1v) is 8.11. The summed E-state index contributed by atoms with van der Waals surface area (Å²) in [5.74, 6) is 0.739. The molecule has 0 aromatic heterocycles. The molecule has 0 atom stereocenters. The number of halogens is 1. The maximum absolute atomic E-state index is 12.2. The zero-order valence-electron chi connectivity index (χ0n) is 9.68. The van der Waals surface area contributed by atoms with Crippen LogP contribution in [0.5, 0.6) is 0 Å². The summed E-state index contributed by atoms with van der Waals surface area (Å²) in [6.45, 7) is 0.450. The van der Waals surface area contributed by atoms with Crippen LogP contribution in [0.4, 0.5) is 5.69 Å². The van der Waals surface area contributed by atoms with Crippen molar-refractivity contribution in [1.29, 1.82) is 0 Å². The molecule has 0 amide bonds. The highest BCUT2D eigenvalue weighted by atomic mass is 35.5. The highest BCUT2D eigenvalue weighted by Gasteiger charge is 2.22. The van der Waals surface area contributed by atoms with E-state index in [2.05, 4.69) is 0 Å². The van der Waals surface area contributed by atoms with E-state index in [0.29, 0.717) is 11.6 Å². The minimum absolute atomic E-state index is 0.102. The molecule has 0 aliphatic rings. The lowest BCUT2D eigenvalue weighted by Crippen LogP contribution is -2.29. The van der Waals surface area contributed by atoms with Gasteiger partial charge >= 0.3 is 0 Å². The molecule has 96 valence electrons. The van der Waals surface area contributed by atoms with Gasteiger partial charge in [-0.3, -0.25) is 0 Å². The van der Waals surface area contributed by atoms with Crippen LogP contribution in [0.15, 0.2) is 23.1 Å². The van der Waals surface area contributed by atoms with Gasteiger partial charge in [0.15, 0.2) is 0 Å². The molecule has 2 N–H and O–H groups in total. The largest absolute Gasteiger partial charge is 0.398 e. The van der Waals surface area contributed by atoms with Gasteiger partial charge in [-0.25, -0.2) is 12.7 Å². The molecule has 1 aromatic rings. The second kappa shape index (κ2) is 5.95. The molecule has 0 saturated carbocycles. The predicted molar refractivity (Wildman–Crippen MR) is 74.1 cm³/mol. The Morgan fingerprint density at radius 3 is 2.65 bits per heavy atom. The smallest absolute Gasteiger partial charge is 0.244 e. The Morgan fingerprint density at radius 2 is 2.12 bits per heavy atom. The molecule has 0 spiro atoms. The third-order valence-corrected chi connectivity index (χ3v) is 5.03. The van der Waals surface area contributed by atoms with Gasteiger partial charge in [-0.2, -0.15) is 11.8 Å². The minimum Gasteiger partial charge on any atom is -0.398 e. The normalized spacial score (nSPS) is 12.0. The molecule has 17 heavy (non-hydrogen) atoms. The van der Waals surface area contributed by atoms with Crippen LogP contribution in [-0.4, -0.2) is 38.3 Å². The second-order valence-corrected chi connectivity index (χ2v) is 6.94. The van der Waals surface area contributed by atoms with Crippen LogP contribution in [-0.2, 0) is 10.0 Å². The van der Waals surface area contributed by atoms with E-state index in [1.165, 1.54) is 22.5 Å². The van der Waals surface area contributed by atoms with Crippen LogP contribution in [0.3, 0.4) is 0 Å². The number of nitrogens with two attached hydrogens (primary N) is 1. The van der Waals surface area contributed by atoms with Gasteiger partial charge in [0.05, 0.1) is 5.69 Å². The van der Waals surface area contributed by atoms with Crippen LogP contribution in [0.2, 0.25) is 5.02 Å². The molecule has 0 aliphatic heterocycles. The molecular weight excluding hydrogens is 280 g/mol. The van der Waals surface area contributed by atoms with Gasteiger partial charge < -0.3 is 5.73 Å². The molecule has 0 fully saturated rings. The van der Waals surface area contributed by atoms with Gasteiger partial charge in [0, 0.05) is 24.4 Å². The lowest BCUT2D eigenvalue weighted by atomic mass is 10.3. The summed E-state index contributed by atoms with van der Waals surface area (Å²) in [5.41, 5.74) is 5.85. The molecule has 0 unspecified atom stereocenters. The standard InChI is InChI=1S/C10H15ClN2O2S2/c1-13(5-6-16-2)17(14,15)10-4-3-8(11)7-9(10)12/h3-4,7H,5-6,12H2,1-2H3. The van der Waals surface area contributed by atoms with E-state index < -0.39 is 10.0 Å².